The molecule has 0 saturated heterocycles. The van der Waals surface area contributed by atoms with Crippen molar-refractivity contribution in [2.24, 2.45) is 0 Å². The van der Waals surface area contributed by atoms with Gasteiger partial charge in [-0.25, -0.2) is 4.98 Å². The van der Waals surface area contributed by atoms with E-state index in [9.17, 15) is 13.2 Å². The molecule has 8 heteroatoms. The van der Waals surface area contributed by atoms with Gasteiger partial charge in [0.1, 0.15) is 18.1 Å². The summed E-state index contributed by atoms with van der Waals surface area (Å²) in [4.78, 5) is 14.3. The van der Waals surface area contributed by atoms with Gasteiger partial charge in [0.05, 0.1) is 17.7 Å². The first-order valence-electron chi connectivity index (χ1n) is 7.67. The Morgan fingerprint density at radius 2 is 1.80 bits per heavy atom. The Morgan fingerprint density at radius 1 is 1.04 bits per heavy atom. The molecule has 0 bridgehead atoms. The largest absolute Gasteiger partial charge is 0.490 e. The Morgan fingerprint density at radius 3 is 2.40 bits per heavy atom. The van der Waals surface area contributed by atoms with Crippen LogP contribution in [0.4, 0.5) is 0 Å². The molecule has 25 heavy (non-hydrogen) atoms. The molecule has 0 radical (unpaired) electrons. The molecule has 2 aromatic rings. The van der Waals surface area contributed by atoms with Gasteiger partial charge >= 0.3 is 0 Å². The molecule has 0 unspecified atom stereocenters. The molecule has 2 rings (SSSR count). The van der Waals surface area contributed by atoms with Crippen molar-refractivity contribution in [2.75, 3.05) is 19.8 Å². The number of aromatic nitrogens is 1. The van der Waals surface area contributed by atoms with Gasteiger partial charge < -0.3 is 9.47 Å². The molecule has 0 aliphatic rings. The third kappa shape index (κ3) is 6.61. The molecule has 0 aliphatic heterocycles. The monoisotopic (exact) mass is 365 g/mol. The first-order chi connectivity index (χ1) is 12.0. The molecule has 1 aromatic carbocycles. The first kappa shape index (κ1) is 19.0. The highest BCUT2D eigenvalue weighted by molar-refractivity contribution is 7.85. The minimum absolute atomic E-state index is 0.111. The van der Waals surface area contributed by atoms with Crippen molar-refractivity contribution in [3.63, 3.8) is 0 Å². The summed E-state index contributed by atoms with van der Waals surface area (Å²) in [7, 11) is -4.14. The van der Waals surface area contributed by atoms with Crippen molar-refractivity contribution in [1.82, 2.24) is 4.98 Å². The van der Waals surface area contributed by atoms with E-state index in [1.165, 1.54) is 18.3 Å². The number of benzene rings is 1. The highest BCUT2D eigenvalue weighted by atomic mass is 32.2. The van der Waals surface area contributed by atoms with Crippen LogP contribution in [0.1, 0.15) is 22.5 Å². The molecular formula is C17H19NO6S. The van der Waals surface area contributed by atoms with Crippen LogP contribution in [-0.2, 0) is 21.3 Å². The van der Waals surface area contributed by atoms with Crippen molar-refractivity contribution in [1.29, 1.82) is 0 Å². The summed E-state index contributed by atoms with van der Waals surface area (Å²) < 4.78 is 41.7. The SMILES string of the molecule is O=Cc1ccc(OCCOCCCc2ccc(S(=O)(=O)O)cc2)cn1. The molecule has 0 aliphatic carbocycles. The Bertz CT molecular complexity index is 772. The van der Waals surface area contributed by atoms with Crippen LogP contribution in [0.25, 0.3) is 0 Å². The zero-order valence-corrected chi connectivity index (χ0v) is 14.3. The number of hydrogen-bond donors (Lipinski definition) is 1. The lowest BCUT2D eigenvalue weighted by atomic mass is 10.1. The zero-order valence-electron chi connectivity index (χ0n) is 13.5. The van der Waals surface area contributed by atoms with Crippen LogP contribution in [0.5, 0.6) is 5.75 Å². The highest BCUT2D eigenvalue weighted by Crippen LogP contribution is 2.11. The van der Waals surface area contributed by atoms with Crippen LogP contribution in [0, 0.1) is 0 Å². The van der Waals surface area contributed by atoms with Crippen molar-refractivity contribution in [3.05, 3.63) is 53.9 Å². The molecule has 1 heterocycles. The number of rotatable bonds is 10. The maximum absolute atomic E-state index is 10.9. The number of carbonyl (C=O) groups excluding carboxylic acids is 1. The first-order valence-corrected chi connectivity index (χ1v) is 9.11. The van der Waals surface area contributed by atoms with E-state index >= 15 is 0 Å². The number of aryl methyl sites for hydroxylation is 1. The average molecular weight is 365 g/mol. The van der Waals surface area contributed by atoms with Crippen molar-refractivity contribution in [2.45, 2.75) is 17.7 Å². The van der Waals surface area contributed by atoms with Crippen molar-refractivity contribution >= 4 is 16.4 Å². The van der Waals surface area contributed by atoms with Gasteiger partial charge in [-0.1, -0.05) is 12.1 Å². The predicted octanol–water partition coefficient (Wildman–Crippen LogP) is 2.17. The smallest absolute Gasteiger partial charge is 0.294 e. The molecule has 1 aromatic heterocycles. The van der Waals surface area contributed by atoms with Gasteiger partial charge in [0.2, 0.25) is 0 Å². The van der Waals surface area contributed by atoms with Gasteiger partial charge in [-0.05, 0) is 42.7 Å². The minimum Gasteiger partial charge on any atom is -0.490 e. The normalized spacial score (nSPS) is 11.2. The molecule has 0 amide bonds. The minimum atomic E-state index is -4.14. The third-order valence-electron chi connectivity index (χ3n) is 3.35. The van der Waals surface area contributed by atoms with E-state index in [2.05, 4.69) is 4.98 Å². The Labute approximate surface area is 146 Å². The summed E-state index contributed by atoms with van der Waals surface area (Å²) in [5.74, 6) is 0.577. The lowest BCUT2D eigenvalue weighted by Gasteiger charge is -2.07. The Balaban J connectivity index is 1.59. The Hall–Kier alpha value is -2.29. The van der Waals surface area contributed by atoms with Crippen molar-refractivity contribution in [3.8, 4) is 5.75 Å². The summed E-state index contributed by atoms with van der Waals surface area (Å²) in [6.07, 6.45) is 3.67. The maximum Gasteiger partial charge on any atom is 0.294 e. The van der Waals surface area contributed by atoms with Gasteiger partial charge in [0, 0.05) is 6.61 Å². The third-order valence-corrected chi connectivity index (χ3v) is 4.22. The fourth-order valence-electron chi connectivity index (χ4n) is 2.07. The van der Waals surface area contributed by atoms with E-state index in [4.69, 9.17) is 14.0 Å². The molecule has 0 saturated carbocycles. The van der Waals surface area contributed by atoms with Crippen LogP contribution in [-0.4, -0.2) is 44.1 Å². The summed E-state index contributed by atoms with van der Waals surface area (Å²) in [5.41, 5.74) is 1.32. The summed E-state index contributed by atoms with van der Waals surface area (Å²) in [6, 6.07) is 9.35. The average Bonchev–Trinajstić information content (AvgIpc) is 2.61. The molecule has 134 valence electrons. The van der Waals surface area contributed by atoms with Crippen LogP contribution >= 0.6 is 0 Å². The second-order valence-electron chi connectivity index (χ2n) is 5.22. The van der Waals surface area contributed by atoms with Gasteiger partial charge in [0.25, 0.3) is 10.1 Å². The van der Waals surface area contributed by atoms with Crippen LogP contribution < -0.4 is 4.74 Å². The fourth-order valence-corrected chi connectivity index (χ4v) is 2.55. The number of pyridine rings is 1. The second kappa shape index (κ2) is 9.26. The standard InChI is InChI=1S/C17H19NO6S/c19-13-15-5-6-16(12-18-15)24-11-10-23-9-1-2-14-3-7-17(8-4-14)25(20,21)22/h3-8,12-13H,1-2,9-11H2,(H,20,21,22). The lowest BCUT2D eigenvalue weighted by Crippen LogP contribution is -2.08. The van der Waals surface area contributed by atoms with Gasteiger partial charge in [-0.3, -0.25) is 9.35 Å². The summed E-state index contributed by atoms with van der Waals surface area (Å²) in [6.45, 7) is 1.36. The molecule has 0 spiro atoms. The van der Waals surface area contributed by atoms with E-state index in [0.29, 0.717) is 37.6 Å². The molecular weight excluding hydrogens is 346 g/mol. The maximum atomic E-state index is 10.9. The molecule has 0 fully saturated rings. The Kier molecular flexibility index (Phi) is 7.05. The molecule has 1 N–H and O–H groups in total. The van der Waals surface area contributed by atoms with Crippen LogP contribution in [0.2, 0.25) is 0 Å². The lowest BCUT2D eigenvalue weighted by molar-refractivity contribution is 0.0983. The predicted molar refractivity (Wildman–Crippen MR) is 90.5 cm³/mol. The van der Waals surface area contributed by atoms with E-state index in [1.807, 2.05) is 0 Å². The topological polar surface area (TPSA) is 103 Å². The van der Waals surface area contributed by atoms with Gasteiger partial charge in [-0.15, -0.1) is 0 Å². The van der Waals surface area contributed by atoms with Crippen LogP contribution in [0.15, 0.2) is 47.5 Å². The van der Waals surface area contributed by atoms with Crippen molar-refractivity contribution < 1.29 is 27.2 Å². The number of hydrogen-bond acceptors (Lipinski definition) is 6. The fraction of sp³-hybridized carbons (Fsp3) is 0.294. The summed E-state index contributed by atoms with van der Waals surface area (Å²) >= 11 is 0. The zero-order chi connectivity index (χ0) is 18.1. The van der Waals surface area contributed by atoms with Gasteiger partial charge in [0.15, 0.2) is 6.29 Å². The van der Waals surface area contributed by atoms with Gasteiger partial charge in [-0.2, -0.15) is 8.42 Å². The number of carbonyl (C=O) groups is 1. The van der Waals surface area contributed by atoms with E-state index in [0.717, 1.165) is 18.4 Å². The number of aldehydes is 1. The summed E-state index contributed by atoms with van der Waals surface area (Å²) in [5, 5.41) is 0. The molecule has 7 nitrogen and oxygen atoms in total. The van der Waals surface area contributed by atoms with E-state index < -0.39 is 10.1 Å². The quantitative estimate of drug-likeness (QED) is 0.391. The number of nitrogens with zero attached hydrogens (tertiary/aromatic N) is 1. The van der Waals surface area contributed by atoms with E-state index in [1.54, 1.807) is 24.3 Å². The van der Waals surface area contributed by atoms with Crippen LogP contribution in [0.3, 0.4) is 0 Å². The second-order valence-corrected chi connectivity index (χ2v) is 6.64. The van der Waals surface area contributed by atoms with E-state index in [-0.39, 0.29) is 4.90 Å². The highest BCUT2D eigenvalue weighted by Gasteiger charge is 2.08. The molecule has 0 atom stereocenters. The number of ether oxygens (including phenoxy) is 2.